The van der Waals surface area contributed by atoms with Gasteiger partial charge in [0, 0.05) is 17.1 Å². The van der Waals surface area contributed by atoms with Crippen LogP contribution in [0.2, 0.25) is 5.02 Å². The van der Waals surface area contributed by atoms with Crippen LogP contribution in [0.1, 0.15) is 17.2 Å². The van der Waals surface area contributed by atoms with Crippen LogP contribution in [0.25, 0.3) is 5.76 Å². The lowest BCUT2D eigenvalue weighted by atomic mass is 9.95. The van der Waals surface area contributed by atoms with Gasteiger partial charge in [-0.3, -0.25) is 9.59 Å². The number of nitrogens with zero attached hydrogens (tertiary/aromatic N) is 1. The Morgan fingerprint density at radius 3 is 2.30 bits per heavy atom. The summed E-state index contributed by atoms with van der Waals surface area (Å²) >= 11 is 5.94. The van der Waals surface area contributed by atoms with Gasteiger partial charge in [-0.15, -0.1) is 0 Å². The van der Waals surface area contributed by atoms with E-state index in [1.807, 2.05) is 0 Å². The standard InChI is InChI=1S/C20H18ClNO5/c1-27-15-8-4-13(5-9-15)18(24)16-17(12-2-6-14(21)7-3-12)22(10-11-23)20(26)19(16)25/h2-9,17,23-24H,10-11H2,1H3/t17-/m1/s1. The lowest BCUT2D eigenvalue weighted by Crippen LogP contribution is -2.32. The maximum absolute atomic E-state index is 12.6. The summed E-state index contributed by atoms with van der Waals surface area (Å²) in [5.74, 6) is -1.24. The second-order valence-corrected chi connectivity index (χ2v) is 6.43. The van der Waals surface area contributed by atoms with Crippen molar-refractivity contribution in [3.63, 3.8) is 0 Å². The van der Waals surface area contributed by atoms with E-state index in [0.717, 1.165) is 0 Å². The van der Waals surface area contributed by atoms with Crippen molar-refractivity contribution >= 4 is 29.1 Å². The second kappa shape index (κ2) is 7.82. The molecule has 1 amide bonds. The maximum Gasteiger partial charge on any atom is 0.295 e. The first kappa shape index (κ1) is 18.9. The number of methoxy groups -OCH3 is 1. The first-order valence-corrected chi connectivity index (χ1v) is 8.65. The number of benzene rings is 2. The SMILES string of the molecule is COc1ccc(C(O)=C2C(=O)C(=O)N(CCO)[C@@H]2c2ccc(Cl)cc2)cc1. The van der Waals surface area contributed by atoms with Crippen molar-refractivity contribution in [3.8, 4) is 5.75 Å². The molecule has 2 aromatic carbocycles. The van der Waals surface area contributed by atoms with Gasteiger partial charge in [-0.2, -0.15) is 0 Å². The molecule has 0 unspecified atom stereocenters. The number of β-amino-alcohol motifs (C(OH)–C–C–N with tert-alkyl or cyclic N) is 1. The number of ether oxygens (including phenoxy) is 1. The van der Waals surface area contributed by atoms with E-state index in [2.05, 4.69) is 0 Å². The van der Waals surface area contributed by atoms with Crippen molar-refractivity contribution in [1.82, 2.24) is 4.90 Å². The van der Waals surface area contributed by atoms with E-state index in [-0.39, 0.29) is 24.5 Å². The number of halogens is 1. The Hall–Kier alpha value is -2.83. The highest BCUT2D eigenvalue weighted by Crippen LogP contribution is 2.39. The lowest BCUT2D eigenvalue weighted by molar-refractivity contribution is -0.140. The van der Waals surface area contributed by atoms with E-state index in [1.54, 1.807) is 48.5 Å². The molecular formula is C20H18ClNO5. The number of rotatable bonds is 5. The number of hydrogen-bond acceptors (Lipinski definition) is 5. The number of carbonyl (C=O) groups excluding carboxylic acids is 2. The summed E-state index contributed by atoms with van der Waals surface area (Å²) < 4.78 is 5.10. The Morgan fingerprint density at radius 1 is 1.11 bits per heavy atom. The molecule has 1 atom stereocenters. The largest absolute Gasteiger partial charge is 0.507 e. The van der Waals surface area contributed by atoms with Crippen molar-refractivity contribution in [2.24, 2.45) is 0 Å². The first-order chi connectivity index (χ1) is 13.0. The molecule has 0 saturated carbocycles. The van der Waals surface area contributed by atoms with E-state index in [4.69, 9.17) is 16.3 Å². The molecule has 1 fully saturated rings. The molecule has 1 heterocycles. The highest BCUT2D eigenvalue weighted by Gasteiger charge is 2.45. The minimum absolute atomic E-state index is 0.0269. The number of aliphatic hydroxyl groups excluding tert-OH is 2. The van der Waals surface area contributed by atoms with E-state index < -0.39 is 17.7 Å². The Kier molecular flexibility index (Phi) is 5.48. The number of Topliss-reactive ketones (excluding diaryl/α,β-unsaturated/α-hetero) is 1. The van der Waals surface area contributed by atoms with E-state index in [0.29, 0.717) is 21.9 Å². The Balaban J connectivity index is 2.14. The summed E-state index contributed by atoms with van der Waals surface area (Å²) in [6.45, 7) is -0.336. The van der Waals surface area contributed by atoms with E-state index >= 15 is 0 Å². The fourth-order valence-electron chi connectivity index (χ4n) is 3.11. The molecule has 140 valence electrons. The van der Waals surface area contributed by atoms with Crippen molar-refractivity contribution in [2.45, 2.75) is 6.04 Å². The van der Waals surface area contributed by atoms with Crippen LogP contribution < -0.4 is 4.74 Å². The van der Waals surface area contributed by atoms with Crippen LogP contribution in [-0.2, 0) is 9.59 Å². The van der Waals surface area contributed by atoms with Gasteiger partial charge in [0.25, 0.3) is 11.7 Å². The highest BCUT2D eigenvalue weighted by molar-refractivity contribution is 6.46. The topological polar surface area (TPSA) is 87.1 Å². The minimum Gasteiger partial charge on any atom is -0.507 e. The van der Waals surface area contributed by atoms with Crippen molar-refractivity contribution < 1.29 is 24.5 Å². The van der Waals surface area contributed by atoms with Gasteiger partial charge < -0.3 is 19.8 Å². The fourth-order valence-corrected chi connectivity index (χ4v) is 3.24. The van der Waals surface area contributed by atoms with Gasteiger partial charge in [0.2, 0.25) is 0 Å². The molecule has 0 aliphatic carbocycles. The molecule has 1 aliphatic heterocycles. The fraction of sp³-hybridized carbons (Fsp3) is 0.200. The zero-order valence-corrected chi connectivity index (χ0v) is 15.3. The number of aliphatic hydroxyl groups is 2. The van der Waals surface area contributed by atoms with Gasteiger partial charge >= 0.3 is 0 Å². The lowest BCUT2D eigenvalue weighted by Gasteiger charge is -2.24. The molecule has 0 radical (unpaired) electrons. The molecule has 0 bridgehead atoms. The van der Waals surface area contributed by atoms with Crippen molar-refractivity contribution in [2.75, 3.05) is 20.3 Å². The molecule has 2 N–H and O–H groups in total. The Labute approximate surface area is 161 Å². The van der Waals surface area contributed by atoms with E-state index in [1.165, 1.54) is 12.0 Å². The molecule has 1 aliphatic rings. The van der Waals surface area contributed by atoms with Crippen LogP contribution >= 0.6 is 11.6 Å². The molecule has 1 saturated heterocycles. The summed E-state index contributed by atoms with van der Waals surface area (Å²) in [7, 11) is 1.52. The predicted molar refractivity (Wildman–Crippen MR) is 101 cm³/mol. The zero-order valence-electron chi connectivity index (χ0n) is 14.6. The molecule has 3 rings (SSSR count). The maximum atomic E-state index is 12.6. The molecule has 2 aromatic rings. The third kappa shape index (κ3) is 3.54. The summed E-state index contributed by atoms with van der Waals surface area (Å²) in [6, 6.07) is 12.4. The van der Waals surface area contributed by atoms with Gasteiger partial charge in [0.1, 0.15) is 11.5 Å². The van der Waals surface area contributed by atoms with Crippen molar-refractivity contribution in [3.05, 3.63) is 70.3 Å². The van der Waals surface area contributed by atoms with Crippen LogP contribution in [0.3, 0.4) is 0 Å². The summed E-state index contributed by atoms with van der Waals surface area (Å²) in [5.41, 5.74) is 0.972. The Morgan fingerprint density at radius 2 is 1.74 bits per heavy atom. The van der Waals surface area contributed by atoms with Gasteiger partial charge in [-0.05, 0) is 42.0 Å². The van der Waals surface area contributed by atoms with Gasteiger partial charge in [0.05, 0.1) is 25.3 Å². The number of hydrogen-bond donors (Lipinski definition) is 2. The molecule has 7 heteroatoms. The summed E-state index contributed by atoms with van der Waals surface area (Å²) in [6.07, 6.45) is 0. The zero-order chi connectivity index (χ0) is 19.6. The number of carbonyl (C=O) groups is 2. The van der Waals surface area contributed by atoms with Crippen LogP contribution in [0.4, 0.5) is 0 Å². The monoisotopic (exact) mass is 387 g/mol. The summed E-state index contributed by atoms with van der Waals surface area (Å²) in [5, 5.41) is 20.6. The number of amides is 1. The Bertz CT molecular complexity index is 890. The van der Waals surface area contributed by atoms with Crippen LogP contribution in [0.15, 0.2) is 54.1 Å². The normalized spacial score (nSPS) is 18.8. The third-order valence-electron chi connectivity index (χ3n) is 4.43. The average Bonchev–Trinajstić information content (AvgIpc) is 2.93. The van der Waals surface area contributed by atoms with Crippen molar-refractivity contribution in [1.29, 1.82) is 0 Å². The van der Waals surface area contributed by atoms with Gasteiger partial charge in [-0.1, -0.05) is 23.7 Å². The number of likely N-dealkylation sites (tertiary alicyclic amines) is 1. The van der Waals surface area contributed by atoms with Gasteiger partial charge in [-0.25, -0.2) is 0 Å². The molecular weight excluding hydrogens is 370 g/mol. The van der Waals surface area contributed by atoms with Crippen LogP contribution in [0, 0.1) is 0 Å². The van der Waals surface area contributed by atoms with Crippen LogP contribution in [0.5, 0.6) is 5.75 Å². The van der Waals surface area contributed by atoms with Crippen LogP contribution in [-0.4, -0.2) is 47.1 Å². The van der Waals surface area contributed by atoms with E-state index in [9.17, 15) is 19.8 Å². The summed E-state index contributed by atoms with van der Waals surface area (Å²) in [4.78, 5) is 26.4. The second-order valence-electron chi connectivity index (χ2n) is 6.00. The smallest absolute Gasteiger partial charge is 0.295 e. The predicted octanol–water partition coefficient (Wildman–Crippen LogP) is 2.76. The van der Waals surface area contributed by atoms with Gasteiger partial charge in [0.15, 0.2) is 0 Å². The quantitative estimate of drug-likeness (QED) is 0.468. The molecule has 6 nitrogen and oxygen atoms in total. The average molecular weight is 388 g/mol. The molecule has 0 aromatic heterocycles. The molecule has 27 heavy (non-hydrogen) atoms. The third-order valence-corrected chi connectivity index (χ3v) is 4.68. The minimum atomic E-state index is -0.809. The number of ketones is 1. The first-order valence-electron chi connectivity index (χ1n) is 8.27. The highest BCUT2D eigenvalue weighted by atomic mass is 35.5. The molecule has 0 spiro atoms.